The molecule has 1 unspecified atom stereocenters. The Balaban J connectivity index is 2.23. The van der Waals surface area contributed by atoms with E-state index in [0.717, 1.165) is 25.0 Å². The summed E-state index contributed by atoms with van der Waals surface area (Å²) >= 11 is 0. The van der Waals surface area contributed by atoms with Gasteiger partial charge in [-0.05, 0) is 31.0 Å². The second kappa shape index (κ2) is 5.49. The van der Waals surface area contributed by atoms with Gasteiger partial charge in [-0.1, -0.05) is 0 Å². The Morgan fingerprint density at radius 3 is 2.74 bits per heavy atom. The second-order valence-corrected chi connectivity index (χ2v) is 4.43. The minimum absolute atomic E-state index is 0.0515. The van der Waals surface area contributed by atoms with Gasteiger partial charge in [-0.25, -0.2) is 0 Å². The van der Waals surface area contributed by atoms with E-state index in [-0.39, 0.29) is 17.3 Å². The average Bonchev–Trinajstić information content (AvgIpc) is 2.39. The third-order valence-electron chi connectivity index (χ3n) is 2.99. The number of hydrogen-bond donors (Lipinski definition) is 1. The molecule has 0 spiro atoms. The zero-order valence-corrected chi connectivity index (χ0v) is 10.1. The Morgan fingerprint density at radius 2 is 2.16 bits per heavy atom. The highest BCUT2D eigenvalue weighted by Gasteiger charge is 2.31. The molecule has 6 heteroatoms. The fourth-order valence-corrected chi connectivity index (χ4v) is 2.01. The van der Waals surface area contributed by atoms with Crippen LogP contribution in [-0.4, -0.2) is 19.3 Å². The van der Waals surface area contributed by atoms with Gasteiger partial charge < -0.3 is 10.1 Å². The smallest absolute Gasteiger partial charge is 0.379 e. The van der Waals surface area contributed by atoms with Gasteiger partial charge in [0, 0.05) is 12.6 Å². The summed E-state index contributed by atoms with van der Waals surface area (Å²) in [7, 11) is 0. The van der Waals surface area contributed by atoms with E-state index in [2.05, 4.69) is 5.32 Å². The molecule has 102 valence electrons. The summed E-state index contributed by atoms with van der Waals surface area (Å²) in [4.78, 5) is 0. The molecule has 0 aliphatic carbocycles. The molecule has 1 aliphatic rings. The van der Waals surface area contributed by atoms with Crippen molar-refractivity contribution in [3.63, 3.8) is 0 Å². The number of nitrogens with one attached hydrogen (secondary N) is 1. The zero-order valence-electron chi connectivity index (χ0n) is 10.1. The summed E-state index contributed by atoms with van der Waals surface area (Å²) in [6.07, 6.45) is -2.73. The summed E-state index contributed by atoms with van der Waals surface area (Å²) in [5, 5.41) is 11.9. The Labute approximate surface area is 109 Å². The molecule has 1 aliphatic heterocycles. The van der Waals surface area contributed by atoms with E-state index < -0.39 is 11.7 Å². The van der Waals surface area contributed by atoms with Crippen LogP contribution in [0.15, 0.2) is 18.2 Å². The third kappa shape index (κ3) is 3.38. The Bertz CT molecular complexity index is 488. The van der Waals surface area contributed by atoms with Crippen LogP contribution in [0.3, 0.4) is 0 Å². The van der Waals surface area contributed by atoms with Crippen LogP contribution in [0.5, 0.6) is 0 Å². The van der Waals surface area contributed by atoms with Crippen molar-refractivity contribution in [3.05, 3.63) is 29.3 Å². The van der Waals surface area contributed by atoms with Crippen LogP contribution in [0.1, 0.15) is 24.0 Å². The Hall–Kier alpha value is -1.74. The van der Waals surface area contributed by atoms with Crippen LogP contribution in [0, 0.1) is 11.3 Å². The number of nitriles is 1. The molecule has 0 bridgehead atoms. The number of hydrogen-bond acceptors (Lipinski definition) is 3. The quantitative estimate of drug-likeness (QED) is 0.897. The Kier molecular flexibility index (Phi) is 3.96. The van der Waals surface area contributed by atoms with E-state index >= 15 is 0 Å². The summed E-state index contributed by atoms with van der Waals surface area (Å²) in [6, 6.07) is 4.93. The van der Waals surface area contributed by atoms with E-state index in [1.807, 2.05) is 6.07 Å². The topological polar surface area (TPSA) is 45.0 Å². The predicted octanol–water partition coefficient (Wildman–Crippen LogP) is 3.17. The minimum Gasteiger partial charge on any atom is -0.379 e. The normalized spacial score (nSPS) is 19.8. The monoisotopic (exact) mass is 270 g/mol. The summed E-state index contributed by atoms with van der Waals surface area (Å²) < 4.78 is 43.2. The summed E-state index contributed by atoms with van der Waals surface area (Å²) in [5.74, 6) is 0. The van der Waals surface area contributed by atoms with Crippen molar-refractivity contribution in [1.29, 1.82) is 5.26 Å². The van der Waals surface area contributed by atoms with Gasteiger partial charge in [0.05, 0.1) is 23.4 Å². The lowest BCUT2D eigenvalue weighted by Crippen LogP contribution is -2.30. The number of anilines is 1. The maximum Gasteiger partial charge on any atom is 0.416 e. The molecule has 2 rings (SSSR count). The van der Waals surface area contributed by atoms with Crippen molar-refractivity contribution in [2.45, 2.75) is 25.1 Å². The predicted molar refractivity (Wildman–Crippen MR) is 63.6 cm³/mol. The highest BCUT2D eigenvalue weighted by molar-refractivity contribution is 5.59. The lowest BCUT2D eigenvalue weighted by atomic mass is 10.1. The fraction of sp³-hybridized carbons (Fsp3) is 0.462. The van der Waals surface area contributed by atoms with Crippen LogP contribution in [0.25, 0.3) is 0 Å². The van der Waals surface area contributed by atoms with Gasteiger partial charge in [0.15, 0.2) is 0 Å². The van der Waals surface area contributed by atoms with Gasteiger partial charge >= 0.3 is 6.18 Å². The van der Waals surface area contributed by atoms with Gasteiger partial charge in [-0.15, -0.1) is 0 Å². The lowest BCUT2D eigenvalue weighted by molar-refractivity contribution is -0.137. The van der Waals surface area contributed by atoms with Crippen molar-refractivity contribution < 1.29 is 17.9 Å². The van der Waals surface area contributed by atoms with Crippen molar-refractivity contribution >= 4 is 5.69 Å². The van der Waals surface area contributed by atoms with Crippen molar-refractivity contribution in [3.8, 4) is 6.07 Å². The van der Waals surface area contributed by atoms with Crippen molar-refractivity contribution in [2.75, 3.05) is 18.5 Å². The summed E-state index contributed by atoms with van der Waals surface area (Å²) in [6.45, 7) is 1.12. The molecule has 1 heterocycles. The van der Waals surface area contributed by atoms with Crippen LogP contribution in [-0.2, 0) is 10.9 Å². The SMILES string of the molecule is N#Cc1ccc(C(F)(F)F)cc1NC1CCCOC1. The third-order valence-corrected chi connectivity index (χ3v) is 2.99. The highest BCUT2D eigenvalue weighted by atomic mass is 19.4. The van der Waals surface area contributed by atoms with Gasteiger partial charge in [0.2, 0.25) is 0 Å². The standard InChI is InChI=1S/C13H13F3N2O/c14-13(15,16)10-4-3-9(7-17)12(6-10)18-11-2-1-5-19-8-11/h3-4,6,11,18H,1-2,5,8H2. The van der Waals surface area contributed by atoms with Gasteiger partial charge in [-0.3, -0.25) is 0 Å². The first-order chi connectivity index (χ1) is 9.00. The molecular formula is C13H13F3N2O. The molecule has 1 atom stereocenters. The van der Waals surface area contributed by atoms with Crippen LogP contribution >= 0.6 is 0 Å². The number of nitrogens with zero attached hydrogens (tertiary/aromatic N) is 1. The molecule has 1 aromatic carbocycles. The first kappa shape index (κ1) is 13.7. The zero-order chi connectivity index (χ0) is 13.9. The maximum absolute atomic E-state index is 12.6. The van der Waals surface area contributed by atoms with Gasteiger partial charge in [0.1, 0.15) is 6.07 Å². The molecular weight excluding hydrogens is 257 g/mol. The first-order valence-electron chi connectivity index (χ1n) is 5.96. The van der Waals surface area contributed by atoms with Crippen molar-refractivity contribution in [1.82, 2.24) is 0 Å². The number of rotatable bonds is 2. The largest absolute Gasteiger partial charge is 0.416 e. The molecule has 0 aromatic heterocycles. The molecule has 19 heavy (non-hydrogen) atoms. The number of alkyl halides is 3. The van der Waals surface area contributed by atoms with Gasteiger partial charge in [-0.2, -0.15) is 18.4 Å². The van der Waals surface area contributed by atoms with E-state index in [1.165, 1.54) is 6.07 Å². The minimum atomic E-state index is -4.41. The number of ether oxygens (including phenoxy) is 1. The van der Waals surface area contributed by atoms with E-state index in [0.29, 0.717) is 13.2 Å². The van der Waals surface area contributed by atoms with E-state index in [1.54, 1.807) is 0 Å². The lowest BCUT2D eigenvalue weighted by Gasteiger charge is -2.25. The fourth-order valence-electron chi connectivity index (χ4n) is 2.01. The molecule has 1 aromatic rings. The van der Waals surface area contributed by atoms with Crippen LogP contribution in [0.2, 0.25) is 0 Å². The maximum atomic E-state index is 12.6. The number of halogens is 3. The average molecular weight is 270 g/mol. The highest BCUT2D eigenvalue weighted by Crippen LogP contribution is 2.32. The molecule has 0 saturated carbocycles. The number of benzene rings is 1. The van der Waals surface area contributed by atoms with Crippen LogP contribution < -0.4 is 5.32 Å². The molecule has 1 N–H and O–H groups in total. The van der Waals surface area contributed by atoms with Crippen molar-refractivity contribution in [2.24, 2.45) is 0 Å². The van der Waals surface area contributed by atoms with E-state index in [4.69, 9.17) is 10.00 Å². The molecule has 0 radical (unpaired) electrons. The first-order valence-corrected chi connectivity index (χ1v) is 5.96. The molecule has 0 amide bonds. The molecule has 1 fully saturated rings. The van der Waals surface area contributed by atoms with E-state index in [9.17, 15) is 13.2 Å². The Morgan fingerprint density at radius 1 is 1.37 bits per heavy atom. The summed E-state index contributed by atoms with van der Waals surface area (Å²) in [5.41, 5.74) is -0.336. The molecule has 1 saturated heterocycles. The van der Waals surface area contributed by atoms with Crippen LogP contribution in [0.4, 0.5) is 18.9 Å². The van der Waals surface area contributed by atoms with Gasteiger partial charge in [0.25, 0.3) is 0 Å². The molecule has 3 nitrogen and oxygen atoms in total. The second-order valence-electron chi connectivity index (χ2n) is 4.43.